The van der Waals surface area contributed by atoms with Gasteiger partial charge in [-0.25, -0.2) is 4.79 Å². The molecule has 1 fully saturated rings. The van der Waals surface area contributed by atoms with Crippen LogP contribution < -0.4 is 0 Å². The molecular formula is C29H41NO6. The standard InChI is InChI=1S/C29H41NO6/c1-21(2)8-7-12-28(5)13-9-23(27(33)30-16-18-35-19-17-30)24(31)10-15-29(6,34)25(11-14-28)36-26(32)20-22(3)4/h8-11,14-15,20,25,34H,7,12-13,16-19H2,1-6H3/b14-11+,15-10+,23-9+/t25-,28+,29-/m1/s1. The van der Waals surface area contributed by atoms with Crippen LogP contribution in [0.5, 0.6) is 0 Å². The smallest absolute Gasteiger partial charge is 0.331 e. The first-order valence-electron chi connectivity index (χ1n) is 12.5. The van der Waals surface area contributed by atoms with Crippen molar-refractivity contribution in [1.82, 2.24) is 4.90 Å². The summed E-state index contributed by atoms with van der Waals surface area (Å²) in [4.78, 5) is 40.5. The first-order chi connectivity index (χ1) is 16.8. The van der Waals surface area contributed by atoms with Gasteiger partial charge in [0.05, 0.1) is 18.8 Å². The zero-order valence-electron chi connectivity index (χ0n) is 22.5. The van der Waals surface area contributed by atoms with E-state index < -0.39 is 28.9 Å². The van der Waals surface area contributed by atoms with Crippen LogP contribution in [0.4, 0.5) is 0 Å². The van der Waals surface area contributed by atoms with Gasteiger partial charge in [-0.3, -0.25) is 9.59 Å². The van der Waals surface area contributed by atoms with E-state index in [2.05, 4.69) is 6.08 Å². The second kappa shape index (κ2) is 13.0. The third-order valence-corrected chi connectivity index (χ3v) is 6.31. The largest absolute Gasteiger partial charge is 0.452 e. The molecule has 0 saturated carbocycles. The van der Waals surface area contributed by atoms with Crippen molar-refractivity contribution in [3.8, 4) is 0 Å². The second-order valence-corrected chi connectivity index (χ2v) is 10.6. The molecule has 1 saturated heterocycles. The Hall–Kier alpha value is -2.77. The fourth-order valence-electron chi connectivity index (χ4n) is 4.01. The second-order valence-electron chi connectivity index (χ2n) is 10.6. The summed E-state index contributed by atoms with van der Waals surface area (Å²) in [6.45, 7) is 12.9. The van der Waals surface area contributed by atoms with Crippen LogP contribution in [0.1, 0.15) is 60.8 Å². The predicted molar refractivity (Wildman–Crippen MR) is 140 cm³/mol. The van der Waals surface area contributed by atoms with Gasteiger partial charge in [-0.05, 0) is 77.5 Å². The Morgan fingerprint density at radius 2 is 1.81 bits per heavy atom. The fourth-order valence-corrected chi connectivity index (χ4v) is 4.01. The van der Waals surface area contributed by atoms with Crippen LogP contribution in [-0.4, -0.2) is 65.7 Å². The molecule has 1 aliphatic carbocycles. The molecule has 1 amide bonds. The van der Waals surface area contributed by atoms with Gasteiger partial charge in [0.25, 0.3) is 5.91 Å². The maximum Gasteiger partial charge on any atom is 0.331 e. The molecule has 0 bridgehead atoms. The minimum atomic E-state index is -1.67. The van der Waals surface area contributed by atoms with E-state index >= 15 is 0 Å². The molecule has 0 aromatic rings. The van der Waals surface area contributed by atoms with Gasteiger partial charge in [0.2, 0.25) is 0 Å². The molecule has 0 spiro atoms. The van der Waals surface area contributed by atoms with Crippen molar-refractivity contribution in [2.45, 2.75) is 72.5 Å². The van der Waals surface area contributed by atoms with Crippen LogP contribution in [0.15, 0.2) is 59.3 Å². The fraction of sp³-hybridized carbons (Fsp3) is 0.552. The third kappa shape index (κ3) is 9.03. The van der Waals surface area contributed by atoms with Crippen LogP contribution in [-0.2, 0) is 23.9 Å². The minimum Gasteiger partial charge on any atom is -0.452 e. The van der Waals surface area contributed by atoms with E-state index in [1.165, 1.54) is 30.7 Å². The van der Waals surface area contributed by atoms with Crippen LogP contribution in [0.3, 0.4) is 0 Å². The van der Waals surface area contributed by atoms with Crippen molar-refractivity contribution in [3.05, 3.63) is 59.3 Å². The Balaban J connectivity index is 2.50. The summed E-state index contributed by atoms with van der Waals surface area (Å²) in [7, 11) is 0. The molecule has 1 aliphatic heterocycles. The topological polar surface area (TPSA) is 93.1 Å². The summed E-state index contributed by atoms with van der Waals surface area (Å²) in [6.07, 6.45) is 12.3. The van der Waals surface area contributed by atoms with Gasteiger partial charge in [-0.15, -0.1) is 0 Å². The van der Waals surface area contributed by atoms with E-state index in [-0.39, 0.29) is 11.5 Å². The molecule has 0 unspecified atom stereocenters. The number of amides is 1. The molecule has 1 heterocycles. The number of ketones is 1. The van der Waals surface area contributed by atoms with Gasteiger partial charge in [0.1, 0.15) is 5.60 Å². The lowest BCUT2D eigenvalue weighted by molar-refractivity contribution is -0.148. The number of carbonyl (C=O) groups is 3. The highest BCUT2D eigenvalue weighted by Crippen LogP contribution is 2.33. The highest BCUT2D eigenvalue weighted by molar-refractivity contribution is 6.23. The molecule has 0 aromatic carbocycles. The number of aliphatic hydroxyl groups is 1. The average molecular weight is 500 g/mol. The summed E-state index contributed by atoms with van der Waals surface area (Å²) >= 11 is 0. The van der Waals surface area contributed by atoms with E-state index in [9.17, 15) is 19.5 Å². The van der Waals surface area contributed by atoms with Gasteiger partial charge in [-0.2, -0.15) is 0 Å². The Bertz CT molecular complexity index is 970. The molecule has 3 atom stereocenters. The molecule has 0 aromatic heterocycles. The number of nitrogens with zero attached hydrogens (tertiary/aromatic N) is 1. The zero-order chi connectivity index (χ0) is 26.9. The normalized spacial score (nSPS) is 30.2. The van der Waals surface area contributed by atoms with E-state index in [1.807, 2.05) is 26.8 Å². The molecule has 7 heteroatoms. The maximum absolute atomic E-state index is 13.3. The molecular weight excluding hydrogens is 458 g/mol. The van der Waals surface area contributed by atoms with Crippen molar-refractivity contribution >= 4 is 17.7 Å². The van der Waals surface area contributed by atoms with E-state index in [0.29, 0.717) is 32.7 Å². The number of esters is 1. The van der Waals surface area contributed by atoms with E-state index in [0.717, 1.165) is 18.4 Å². The number of hydrogen-bond donors (Lipinski definition) is 1. The number of allylic oxidation sites excluding steroid dienone is 6. The van der Waals surface area contributed by atoms with Gasteiger partial charge in [0, 0.05) is 19.2 Å². The Morgan fingerprint density at radius 3 is 2.42 bits per heavy atom. The van der Waals surface area contributed by atoms with Crippen molar-refractivity contribution in [2.24, 2.45) is 5.41 Å². The van der Waals surface area contributed by atoms with E-state index in [4.69, 9.17) is 9.47 Å². The lowest BCUT2D eigenvalue weighted by Gasteiger charge is -2.30. The van der Waals surface area contributed by atoms with Crippen molar-refractivity contribution < 1.29 is 29.0 Å². The molecule has 2 aliphatic rings. The number of morpholine rings is 1. The van der Waals surface area contributed by atoms with Crippen LogP contribution in [0.25, 0.3) is 0 Å². The van der Waals surface area contributed by atoms with Gasteiger partial charge >= 0.3 is 5.97 Å². The summed E-state index contributed by atoms with van der Waals surface area (Å²) in [5, 5.41) is 11.2. The number of carbonyl (C=O) groups excluding carboxylic acids is 3. The zero-order valence-corrected chi connectivity index (χ0v) is 22.5. The minimum absolute atomic E-state index is 0.0748. The van der Waals surface area contributed by atoms with Crippen molar-refractivity contribution in [2.75, 3.05) is 26.3 Å². The molecule has 7 nitrogen and oxygen atoms in total. The van der Waals surface area contributed by atoms with Crippen molar-refractivity contribution in [1.29, 1.82) is 0 Å². The number of rotatable bonds is 6. The SMILES string of the molecule is CC(C)=CCC[C@]1(C)/C=C/[C@@H](OC(=O)C=C(C)C)[C@](C)(O)/C=C/C(=O)/C(C(=O)N2CCOCC2)=C\C1. The average Bonchev–Trinajstić information content (AvgIpc) is 2.81. The maximum atomic E-state index is 13.3. The molecule has 2 rings (SSSR count). The quantitative estimate of drug-likeness (QED) is 0.254. The Kier molecular flexibility index (Phi) is 10.6. The number of ether oxygens (including phenoxy) is 2. The van der Waals surface area contributed by atoms with Crippen molar-refractivity contribution in [3.63, 3.8) is 0 Å². The summed E-state index contributed by atoms with van der Waals surface area (Å²) < 4.78 is 10.9. The predicted octanol–water partition coefficient (Wildman–Crippen LogP) is 4.24. The Morgan fingerprint density at radius 1 is 1.14 bits per heavy atom. The Labute approximate surface area is 215 Å². The summed E-state index contributed by atoms with van der Waals surface area (Å²) in [5.74, 6) is -1.41. The van der Waals surface area contributed by atoms with Gasteiger partial charge in [-0.1, -0.05) is 36.3 Å². The van der Waals surface area contributed by atoms with Gasteiger partial charge in [0.15, 0.2) is 11.9 Å². The van der Waals surface area contributed by atoms with Crippen LogP contribution >= 0.6 is 0 Å². The lowest BCUT2D eigenvalue weighted by atomic mass is 9.80. The summed E-state index contributed by atoms with van der Waals surface area (Å²) in [5.41, 5.74) is -0.0763. The molecule has 36 heavy (non-hydrogen) atoms. The third-order valence-electron chi connectivity index (χ3n) is 6.31. The lowest BCUT2D eigenvalue weighted by Crippen LogP contribution is -2.42. The molecule has 0 radical (unpaired) electrons. The first-order valence-corrected chi connectivity index (χ1v) is 12.5. The monoisotopic (exact) mass is 499 g/mol. The highest BCUT2D eigenvalue weighted by Gasteiger charge is 2.34. The number of hydrogen-bond acceptors (Lipinski definition) is 6. The summed E-state index contributed by atoms with van der Waals surface area (Å²) in [6, 6.07) is 0. The van der Waals surface area contributed by atoms with E-state index in [1.54, 1.807) is 30.9 Å². The molecule has 1 N–H and O–H groups in total. The van der Waals surface area contributed by atoms with Crippen LogP contribution in [0.2, 0.25) is 0 Å². The first kappa shape index (κ1) is 29.5. The van der Waals surface area contributed by atoms with Crippen LogP contribution in [0, 0.1) is 5.41 Å². The van der Waals surface area contributed by atoms with Gasteiger partial charge < -0.3 is 19.5 Å². The highest BCUT2D eigenvalue weighted by atomic mass is 16.6. The molecule has 198 valence electrons.